The molecule has 4 heteroatoms. The number of ether oxygens (including phenoxy) is 4. The lowest BCUT2D eigenvalue weighted by Gasteiger charge is -2.29. The van der Waals surface area contributed by atoms with Gasteiger partial charge in [0.25, 0.3) is 0 Å². The molecule has 1 saturated heterocycles. The molecule has 0 unspecified atom stereocenters. The van der Waals surface area contributed by atoms with Gasteiger partial charge in [-0.05, 0) is 42.2 Å². The Morgan fingerprint density at radius 2 is 1.65 bits per heavy atom. The Morgan fingerprint density at radius 1 is 0.903 bits per heavy atom. The summed E-state index contributed by atoms with van der Waals surface area (Å²) in [4.78, 5) is 0. The van der Waals surface area contributed by atoms with E-state index < -0.39 is 0 Å². The molecule has 0 amide bonds. The maximum atomic E-state index is 5.97. The molecule has 0 N–H and O–H groups in total. The minimum Gasteiger partial charge on any atom is -0.494 e. The molecule has 2 aromatic rings. The smallest absolute Gasteiger partial charge is 0.181 e. The Hall–Kier alpha value is -2.40. The third kappa shape index (κ3) is 7.66. The molecule has 2 atom stereocenters. The second kappa shape index (κ2) is 13.1. The van der Waals surface area contributed by atoms with Crippen LogP contribution in [0.5, 0.6) is 5.75 Å². The van der Waals surface area contributed by atoms with Crippen LogP contribution in [0, 0.1) is 0 Å². The quantitative estimate of drug-likeness (QED) is 0.306. The van der Waals surface area contributed by atoms with E-state index in [-0.39, 0.29) is 12.4 Å². The van der Waals surface area contributed by atoms with Gasteiger partial charge in [-0.1, -0.05) is 80.5 Å². The van der Waals surface area contributed by atoms with Crippen molar-refractivity contribution in [2.45, 2.75) is 45.5 Å². The van der Waals surface area contributed by atoms with Crippen LogP contribution >= 0.6 is 0 Å². The Bertz CT molecular complexity index is 800. The van der Waals surface area contributed by atoms with E-state index in [1.54, 1.807) is 0 Å². The second-order valence-corrected chi connectivity index (χ2v) is 7.57. The lowest BCUT2D eigenvalue weighted by Crippen LogP contribution is -2.33. The van der Waals surface area contributed by atoms with Gasteiger partial charge in [0.05, 0.1) is 26.4 Å². The first kappa shape index (κ1) is 23.3. The largest absolute Gasteiger partial charge is 0.494 e. The summed E-state index contributed by atoms with van der Waals surface area (Å²) in [5, 5.41) is 0. The number of allylic oxidation sites excluding steroid dienone is 3. The van der Waals surface area contributed by atoms with Crippen molar-refractivity contribution in [3.8, 4) is 16.9 Å². The van der Waals surface area contributed by atoms with Crippen molar-refractivity contribution in [3.05, 3.63) is 78.4 Å². The van der Waals surface area contributed by atoms with Crippen molar-refractivity contribution in [1.29, 1.82) is 0 Å². The van der Waals surface area contributed by atoms with Crippen LogP contribution < -0.4 is 4.74 Å². The minimum absolute atomic E-state index is 0.0636. The Labute approximate surface area is 186 Å². The maximum absolute atomic E-state index is 5.97. The molecule has 1 aliphatic heterocycles. The molecule has 2 aromatic carbocycles. The van der Waals surface area contributed by atoms with E-state index in [1.807, 2.05) is 43.4 Å². The fourth-order valence-electron chi connectivity index (χ4n) is 3.36. The highest BCUT2D eigenvalue weighted by molar-refractivity contribution is 5.64. The van der Waals surface area contributed by atoms with E-state index in [0.29, 0.717) is 19.8 Å². The number of hydrogen-bond donors (Lipinski definition) is 0. The first-order valence-electron chi connectivity index (χ1n) is 11.3. The molecule has 0 radical (unpaired) electrons. The van der Waals surface area contributed by atoms with Crippen LogP contribution in [-0.2, 0) is 14.2 Å². The predicted molar refractivity (Wildman–Crippen MR) is 125 cm³/mol. The third-order valence-corrected chi connectivity index (χ3v) is 5.17. The van der Waals surface area contributed by atoms with Gasteiger partial charge in [-0.3, -0.25) is 0 Å². The van der Waals surface area contributed by atoms with E-state index in [9.17, 15) is 0 Å². The molecule has 0 saturated carbocycles. The Morgan fingerprint density at radius 3 is 2.29 bits per heavy atom. The summed E-state index contributed by atoms with van der Waals surface area (Å²) in [6.07, 6.45) is 11.0. The first-order chi connectivity index (χ1) is 15.3. The summed E-state index contributed by atoms with van der Waals surface area (Å²) in [5.41, 5.74) is 3.46. The number of unbranched alkanes of at least 4 members (excludes halogenated alkanes) is 2. The van der Waals surface area contributed by atoms with Crippen LogP contribution in [0.25, 0.3) is 11.1 Å². The van der Waals surface area contributed by atoms with Crippen LogP contribution in [-0.4, -0.2) is 32.7 Å². The molecule has 4 nitrogen and oxygen atoms in total. The van der Waals surface area contributed by atoms with Crippen LogP contribution in [0.4, 0.5) is 0 Å². The molecule has 1 heterocycles. The normalized spacial score (nSPS) is 19.3. The van der Waals surface area contributed by atoms with Gasteiger partial charge in [0.15, 0.2) is 6.29 Å². The van der Waals surface area contributed by atoms with Gasteiger partial charge in [-0.2, -0.15) is 0 Å². The minimum atomic E-state index is -0.312. The van der Waals surface area contributed by atoms with Crippen LogP contribution in [0.1, 0.15) is 44.8 Å². The molecule has 31 heavy (non-hydrogen) atoms. The number of rotatable bonds is 11. The van der Waals surface area contributed by atoms with Crippen molar-refractivity contribution >= 4 is 0 Å². The summed E-state index contributed by atoms with van der Waals surface area (Å²) in [7, 11) is 0. The fourth-order valence-corrected chi connectivity index (χ4v) is 3.36. The van der Waals surface area contributed by atoms with Gasteiger partial charge in [0, 0.05) is 0 Å². The first-order valence-corrected chi connectivity index (χ1v) is 11.3. The Kier molecular flexibility index (Phi) is 9.84. The molecule has 0 aliphatic carbocycles. The number of benzene rings is 2. The standard InChI is InChI=1S/C27H34O4/c1-3-5-7-9-19-29-27-21-30-26(20-31-27)24-12-10-22(11-13-24)23-14-16-25(17-15-23)28-18-8-6-4-2/h3,5,7,9-17,26-27H,4,6,8,18-21H2,1-2H3/b5-3+,9-7+/t26-,27+/m1/s1. The van der Waals surface area contributed by atoms with Gasteiger partial charge in [0.2, 0.25) is 0 Å². The van der Waals surface area contributed by atoms with Gasteiger partial charge < -0.3 is 18.9 Å². The second-order valence-electron chi connectivity index (χ2n) is 7.57. The molecule has 3 rings (SSSR count). The van der Waals surface area contributed by atoms with Gasteiger partial charge in [0.1, 0.15) is 11.9 Å². The molecule has 0 bridgehead atoms. The zero-order chi connectivity index (χ0) is 21.7. The third-order valence-electron chi connectivity index (χ3n) is 5.17. The van der Waals surface area contributed by atoms with Crippen molar-refractivity contribution in [2.24, 2.45) is 0 Å². The summed E-state index contributed by atoms with van der Waals surface area (Å²) in [6, 6.07) is 16.8. The highest BCUT2D eigenvalue weighted by atomic mass is 16.7. The van der Waals surface area contributed by atoms with E-state index in [2.05, 4.69) is 43.3 Å². The molecular formula is C27H34O4. The summed E-state index contributed by atoms with van der Waals surface area (Å²) >= 11 is 0. The fraction of sp³-hybridized carbons (Fsp3) is 0.407. The monoisotopic (exact) mass is 422 g/mol. The lowest BCUT2D eigenvalue weighted by atomic mass is 10.0. The van der Waals surface area contributed by atoms with E-state index in [0.717, 1.165) is 24.3 Å². The average molecular weight is 423 g/mol. The van der Waals surface area contributed by atoms with E-state index in [1.165, 1.54) is 24.0 Å². The highest BCUT2D eigenvalue weighted by Gasteiger charge is 2.23. The van der Waals surface area contributed by atoms with Crippen molar-refractivity contribution in [2.75, 3.05) is 26.4 Å². The highest BCUT2D eigenvalue weighted by Crippen LogP contribution is 2.27. The van der Waals surface area contributed by atoms with Gasteiger partial charge in [-0.15, -0.1) is 0 Å². The summed E-state index contributed by atoms with van der Waals surface area (Å²) in [5.74, 6) is 0.929. The van der Waals surface area contributed by atoms with Crippen LogP contribution in [0.15, 0.2) is 72.8 Å². The van der Waals surface area contributed by atoms with Gasteiger partial charge in [-0.25, -0.2) is 0 Å². The molecule has 1 fully saturated rings. The van der Waals surface area contributed by atoms with Crippen molar-refractivity contribution in [1.82, 2.24) is 0 Å². The van der Waals surface area contributed by atoms with E-state index >= 15 is 0 Å². The molecule has 1 aliphatic rings. The topological polar surface area (TPSA) is 36.9 Å². The number of hydrogen-bond acceptors (Lipinski definition) is 4. The molecule has 0 aromatic heterocycles. The summed E-state index contributed by atoms with van der Waals surface area (Å²) in [6.45, 7) is 6.41. The SMILES string of the molecule is C/C=C/C=C/CO[C@@H]1CO[C@@H](c2ccc(-c3ccc(OCCCCC)cc3)cc2)CO1. The molecule has 166 valence electrons. The Balaban J connectivity index is 1.46. The zero-order valence-electron chi connectivity index (χ0n) is 18.7. The van der Waals surface area contributed by atoms with E-state index in [4.69, 9.17) is 18.9 Å². The maximum Gasteiger partial charge on any atom is 0.181 e. The molecular weight excluding hydrogens is 388 g/mol. The van der Waals surface area contributed by atoms with Crippen molar-refractivity contribution in [3.63, 3.8) is 0 Å². The van der Waals surface area contributed by atoms with Gasteiger partial charge >= 0.3 is 0 Å². The average Bonchev–Trinajstić information content (AvgIpc) is 2.83. The van der Waals surface area contributed by atoms with Crippen molar-refractivity contribution < 1.29 is 18.9 Å². The van der Waals surface area contributed by atoms with Crippen LogP contribution in [0.3, 0.4) is 0 Å². The lowest BCUT2D eigenvalue weighted by molar-refractivity contribution is -0.232. The zero-order valence-corrected chi connectivity index (χ0v) is 18.7. The molecule has 0 spiro atoms. The predicted octanol–water partition coefficient (Wildman–Crippen LogP) is 6.49. The van der Waals surface area contributed by atoms with Crippen LogP contribution in [0.2, 0.25) is 0 Å². The summed E-state index contributed by atoms with van der Waals surface area (Å²) < 4.78 is 23.2.